The van der Waals surface area contributed by atoms with Gasteiger partial charge in [0, 0.05) is 12.2 Å². The molecule has 0 radical (unpaired) electrons. The lowest BCUT2D eigenvalue weighted by molar-refractivity contribution is -0.137. The van der Waals surface area contributed by atoms with Crippen LogP contribution in [-0.4, -0.2) is 12.5 Å². The van der Waals surface area contributed by atoms with Crippen LogP contribution in [0.25, 0.3) is 0 Å². The van der Waals surface area contributed by atoms with Crippen molar-refractivity contribution >= 4 is 11.6 Å². The van der Waals surface area contributed by atoms with E-state index in [0.29, 0.717) is 17.3 Å². The number of benzene rings is 3. The Labute approximate surface area is 184 Å². The zero-order valence-electron chi connectivity index (χ0n) is 17.8. The molecule has 1 unspecified atom stereocenters. The van der Waals surface area contributed by atoms with Gasteiger partial charge in [0.25, 0.3) is 0 Å². The minimum Gasteiger partial charge on any atom is -0.316 e. The summed E-state index contributed by atoms with van der Waals surface area (Å²) in [6, 6.07) is 15.8. The van der Waals surface area contributed by atoms with Gasteiger partial charge in [0.2, 0.25) is 5.91 Å². The van der Waals surface area contributed by atoms with E-state index in [-0.39, 0.29) is 18.5 Å². The Balaban J connectivity index is 1.92. The van der Waals surface area contributed by atoms with E-state index in [1.54, 1.807) is 30.3 Å². The van der Waals surface area contributed by atoms with Gasteiger partial charge in [-0.05, 0) is 72.9 Å². The fourth-order valence-electron chi connectivity index (χ4n) is 3.43. The minimum absolute atomic E-state index is 0.0288. The number of halogens is 4. The van der Waals surface area contributed by atoms with Crippen molar-refractivity contribution in [1.82, 2.24) is 0 Å². The van der Waals surface area contributed by atoms with Crippen molar-refractivity contribution in [3.8, 4) is 0 Å². The number of hydrogen-bond donors (Lipinski definition) is 1. The molecule has 2 N–H and O–H groups in total. The molecule has 0 aliphatic carbocycles. The lowest BCUT2D eigenvalue weighted by atomic mass is 10.0. The molecule has 3 aromatic rings. The predicted molar refractivity (Wildman–Crippen MR) is 117 cm³/mol. The van der Waals surface area contributed by atoms with Gasteiger partial charge in [0.15, 0.2) is 0 Å². The average molecular weight is 444 g/mol. The number of aryl methyl sites for hydroxylation is 2. The Morgan fingerprint density at radius 2 is 1.66 bits per heavy atom. The second-order valence-corrected chi connectivity index (χ2v) is 7.74. The molecule has 0 saturated heterocycles. The van der Waals surface area contributed by atoms with Crippen LogP contribution in [0.5, 0.6) is 0 Å². The number of carbonyl (C=O) groups is 1. The van der Waals surface area contributed by atoms with Crippen molar-refractivity contribution < 1.29 is 22.4 Å². The Bertz CT molecular complexity index is 1100. The summed E-state index contributed by atoms with van der Waals surface area (Å²) >= 11 is 0. The van der Waals surface area contributed by atoms with E-state index >= 15 is 0 Å². The van der Waals surface area contributed by atoms with Gasteiger partial charge in [0.05, 0.1) is 5.56 Å². The zero-order chi connectivity index (χ0) is 23.5. The first-order valence-electron chi connectivity index (χ1n) is 10.1. The van der Waals surface area contributed by atoms with E-state index in [4.69, 9.17) is 5.73 Å². The SMILES string of the molecule is Cc1ccc(N(CCc2cc(F)cc(C(F)(F)F)c2)C(=O)C(N)c2ccccc2)cc1C. The Hall–Kier alpha value is -3.19. The predicted octanol–water partition coefficient (Wildman–Crippen LogP) is 5.74. The number of amides is 1. The molecule has 7 heteroatoms. The fraction of sp³-hybridized carbons (Fsp3) is 0.240. The van der Waals surface area contributed by atoms with Gasteiger partial charge in [-0.25, -0.2) is 4.39 Å². The highest BCUT2D eigenvalue weighted by Crippen LogP contribution is 2.31. The Morgan fingerprint density at radius 1 is 0.969 bits per heavy atom. The summed E-state index contributed by atoms with van der Waals surface area (Å²) in [5.41, 5.74) is 8.50. The first-order valence-corrected chi connectivity index (χ1v) is 10.1. The Kier molecular flexibility index (Phi) is 6.99. The Morgan fingerprint density at radius 3 is 2.28 bits per heavy atom. The molecular weight excluding hydrogens is 420 g/mol. The second kappa shape index (κ2) is 9.53. The van der Waals surface area contributed by atoms with Crippen LogP contribution >= 0.6 is 0 Å². The third-order valence-corrected chi connectivity index (χ3v) is 5.40. The summed E-state index contributed by atoms with van der Waals surface area (Å²) in [5.74, 6) is -1.37. The molecule has 0 saturated carbocycles. The van der Waals surface area contributed by atoms with Crippen LogP contribution < -0.4 is 10.6 Å². The van der Waals surface area contributed by atoms with Gasteiger partial charge >= 0.3 is 6.18 Å². The molecule has 3 rings (SSSR count). The molecule has 0 spiro atoms. The maximum atomic E-state index is 13.8. The normalized spacial score (nSPS) is 12.5. The van der Waals surface area contributed by atoms with Crippen molar-refractivity contribution in [2.24, 2.45) is 5.73 Å². The molecule has 0 aliphatic heterocycles. The number of nitrogens with zero attached hydrogens (tertiary/aromatic N) is 1. The highest BCUT2D eigenvalue weighted by molar-refractivity contribution is 5.97. The van der Waals surface area contributed by atoms with E-state index in [9.17, 15) is 22.4 Å². The lowest BCUT2D eigenvalue weighted by Gasteiger charge is -2.27. The van der Waals surface area contributed by atoms with Gasteiger partial charge in [-0.2, -0.15) is 13.2 Å². The number of anilines is 1. The smallest absolute Gasteiger partial charge is 0.316 e. The number of hydrogen-bond acceptors (Lipinski definition) is 2. The van der Waals surface area contributed by atoms with E-state index in [1.807, 2.05) is 32.0 Å². The highest BCUT2D eigenvalue weighted by Gasteiger charge is 2.31. The molecule has 3 aromatic carbocycles. The molecule has 0 aromatic heterocycles. The first kappa shape index (κ1) is 23.5. The number of alkyl halides is 3. The third-order valence-electron chi connectivity index (χ3n) is 5.40. The first-order chi connectivity index (χ1) is 15.1. The monoisotopic (exact) mass is 444 g/mol. The van der Waals surface area contributed by atoms with Crippen molar-refractivity contribution in [2.45, 2.75) is 32.5 Å². The quantitative estimate of drug-likeness (QED) is 0.493. The summed E-state index contributed by atoms with van der Waals surface area (Å²) in [5, 5.41) is 0. The maximum Gasteiger partial charge on any atom is 0.416 e. The molecule has 0 fully saturated rings. The summed E-state index contributed by atoms with van der Waals surface area (Å²) < 4.78 is 53.0. The van der Waals surface area contributed by atoms with E-state index in [1.165, 1.54) is 4.90 Å². The maximum absolute atomic E-state index is 13.8. The molecule has 0 heterocycles. The van der Waals surface area contributed by atoms with Crippen LogP contribution in [0.15, 0.2) is 66.7 Å². The third kappa shape index (κ3) is 5.53. The fourth-order valence-corrected chi connectivity index (χ4v) is 3.43. The summed E-state index contributed by atoms with van der Waals surface area (Å²) in [4.78, 5) is 14.7. The molecule has 168 valence electrons. The van der Waals surface area contributed by atoms with Gasteiger partial charge < -0.3 is 10.6 Å². The van der Waals surface area contributed by atoms with Crippen LogP contribution in [-0.2, 0) is 17.4 Å². The molecule has 0 aliphatic rings. The topological polar surface area (TPSA) is 46.3 Å². The number of nitrogens with two attached hydrogens (primary N) is 1. The second-order valence-electron chi connectivity index (χ2n) is 7.74. The van der Waals surface area contributed by atoms with Crippen molar-refractivity contribution in [3.63, 3.8) is 0 Å². The molecule has 3 nitrogen and oxygen atoms in total. The molecule has 32 heavy (non-hydrogen) atoms. The van der Waals surface area contributed by atoms with Gasteiger partial charge in [-0.1, -0.05) is 36.4 Å². The molecule has 1 amide bonds. The van der Waals surface area contributed by atoms with Crippen molar-refractivity contribution in [1.29, 1.82) is 0 Å². The summed E-state index contributed by atoms with van der Waals surface area (Å²) in [7, 11) is 0. The van der Waals surface area contributed by atoms with Gasteiger partial charge in [-0.3, -0.25) is 4.79 Å². The van der Waals surface area contributed by atoms with E-state index in [2.05, 4.69) is 0 Å². The number of carbonyl (C=O) groups excluding carboxylic acids is 1. The van der Waals surface area contributed by atoms with Crippen LogP contribution in [0.3, 0.4) is 0 Å². The summed E-state index contributed by atoms with van der Waals surface area (Å²) in [6.07, 6.45) is -4.63. The largest absolute Gasteiger partial charge is 0.416 e. The zero-order valence-corrected chi connectivity index (χ0v) is 17.8. The standard InChI is InChI=1S/C25H24F4N2O/c1-16-8-9-22(12-17(16)2)31(24(32)23(30)19-6-4-3-5-7-19)11-10-18-13-20(25(27,28)29)15-21(26)14-18/h3-9,12-15,23H,10-11,30H2,1-2H3. The molecule has 1 atom stereocenters. The molecular formula is C25H24F4N2O. The van der Waals surface area contributed by atoms with Crippen molar-refractivity contribution in [3.05, 3.63) is 100 Å². The highest BCUT2D eigenvalue weighted by atomic mass is 19.4. The average Bonchev–Trinajstić information content (AvgIpc) is 2.75. The van der Waals surface area contributed by atoms with E-state index in [0.717, 1.165) is 23.3 Å². The van der Waals surface area contributed by atoms with E-state index < -0.39 is 29.5 Å². The van der Waals surface area contributed by atoms with Crippen LogP contribution in [0.2, 0.25) is 0 Å². The minimum atomic E-state index is -4.66. The van der Waals surface area contributed by atoms with Crippen molar-refractivity contribution in [2.75, 3.05) is 11.4 Å². The van der Waals surface area contributed by atoms with Crippen LogP contribution in [0, 0.1) is 19.7 Å². The summed E-state index contributed by atoms with van der Waals surface area (Å²) in [6.45, 7) is 3.88. The van der Waals surface area contributed by atoms with Crippen LogP contribution in [0.4, 0.5) is 23.2 Å². The van der Waals surface area contributed by atoms with Gasteiger partial charge in [0.1, 0.15) is 11.9 Å². The molecule has 0 bridgehead atoms. The van der Waals surface area contributed by atoms with Crippen LogP contribution in [0.1, 0.15) is 33.9 Å². The lowest BCUT2D eigenvalue weighted by Crippen LogP contribution is -2.40. The van der Waals surface area contributed by atoms with Gasteiger partial charge in [-0.15, -0.1) is 0 Å². The number of rotatable bonds is 6.